The van der Waals surface area contributed by atoms with Crippen LogP contribution >= 0.6 is 23.2 Å². The average Bonchev–Trinajstić information content (AvgIpc) is 2.41. The van der Waals surface area contributed by atoms with Gasteiger partial charge in [0.2, 0.25) is 0 Å². The molecule has 0 spiro atoms. The van der Waals surface area contributed by atoms with Crippen LogP contribution in [0.1, 0.15) is 23.2 Å². The summed E-state index contributed by atoms with van der Waals surface area (Å²) < 4.78 is 51.0. The zero-order chi connectivity index (χ0) is 15.8. The molecule has 2 heterocycles. The van der Waals surface area contributed by atoms with Crippen LogP contribution in [0.5, 0.6) is 0 Å². The molecule has 116 valence electrons. The Labute approximate surface area is 127 Å². The number of nitrogens with zero attached hydrogens (tertiary/aromatic N) is 2. The third-order valence-electron chi connectivity index (χ3n) is 3.36. The van der Waals surface area contributed by atoms with Crippen molar-refractivity contribution in [2.24, 2.45) is 5.92 Å². The van der Waals surface area contributed by atoms with Crippen LogP contribution in [0.4, 0.5) is 17.6 Å². The number of hydrogen-bond donors (Lipinski definition) is 0. The SMILES string of the molecule is O=C(c1cc(F)c(Cl)nc1Cl)N1CCC(C(F)(F)F)CC1. The monoisotopic (exact) mass is 344 g/mol. The maximum atomic E-state index is 13.3. The van der Waals surface area contributed by atoms with E-state index in [0.717, 1.165) is 6.07 Å². The van der Waals surface area contributed by atoms with Crippen LogP contribution in [-0.2, 0) is 0 Å². The molecule has 2 rings (SSSR count). The van der Waals surface area contributed by atoms with Crippen molar-refractivity contribution in [1.82, 2.24) is 9.88 Å². The Hall–Kier alpha value is -1.08. The summed E-state index contributed by atoms with van der Waals surface area (Å²) in [6, 6.07) is 0.843. The minimum Gasteiger partial charge on any atom is -0.339 e. The first-order valence-corrected chi connectivity index (χ1v) is 6.83. The minimum atomic E-state index is -4.26. The van der Waals surface area contributed by atoms with E-state index in [0.29, 0.717) is 0 Å². The summed E-state index contributed by atoms with van der Waals surface area (Å²) in [6.45, 7) is -0.132. The summed E-state index contributed by atoms with van der Waals surface area (Å²) in [5, 5.41) is -0.739. The standard InChI is InChI=1S/C12H10Cl2F4N2O/c13-9-7(5-8(15)10(14)19-9)11(21)20-3-1-6(2-4-20)12(16,17)18/h5-6H,1-4H2. The first-order valence-electron chi connectivity index (χ1n) is 6.07. The number of amides is 1. The number of likely N-dealkylation sites (tertiary alicyclic amines) is 1. The zero-order valence-corrected chi connectivity index (χ0v) is 12.1. The number of rotatable bonds is 1. The summed E-state index contributed by atoms with van der Waals surface area (Å²) in [5.74, 6) is -2.98. The fourth-order valence-corrected chi connectivity index (χ4v) is 2.58. The molecule has 0 atom stereocenters. The lowest BCUT2D eigenvalue weighted by Crippen LogP contribution is -2.42. The summed E-state index contributed by atoms with van der Waals surface area (Å²) >= 11 is 11.2. The highest BCUT2D eigenvalue weighted by atomic mass is 35.5. The maximum Gasteiger partial charge on any atom is 0.391 e. The fourth-order valence-electron chi connectivity index (χ4n) is 2.18. The number of carbonyl (C=O) groups is 1. The second-order valence-electron chi connectivity index (χ2n) is 4.71. The summed E-state index contributed by atoms with van der Waals surface area (Å²) in [5.41, 5.74) is -0.205. The quantitative estimate of drug-likeness (QED) is 0.571. The Kier molecular flexibility index (Phi) is 4.63. The van der Waals surface area contributed by atoms with E-state index in [1.165, 1.54) is 4.90 Å². The second kappa shape index (κ2) is 5.96. The van der Waals surface area contributed by atoms with Gasteiger partial charge in [-0.1, -0.05) is 23.2 Å². The van der Waals surface area contributed by atoms with Crippen molar-refractivity contribution in [1.29, 1.82) is 0 Å². The smallest absolute Gasteiger partial charge is 0.339 e. The molecule has 9 heteroatoms. The molecule has 1 aromatic heterocycles. The molecule has 1 saturated heterocycles. The number of piperidine rings is 1. The molecule has 21 heavy (non-hydrogen) atoms. The number of hydrogen-bond acceptors (Lipinski definition) is 2. The van der Waals surface area contributed by atoms with Gasteiger partial charge >= 0.3 is 6.18 Å². The summed E-state index contributed by atoms with van der Waals surface area (Å²) in [4.78, 5) is 16.8. The van der Waals surface area contributed by atoms with E-state index in [9.17, 15) is 22.4 Å². The minimum absolute atomic E-state index is 0.0659. The van der Waals surface area contributed by atoms with Crippen molar-refractivity contribution < 1.29 is 22.4 Å². The van der Waals surface area contributed by atoms with Gasteiger partial charge in [-0.3, -0.25) is 4.79 Å². The molecule has 0 saturated carbocycles. The van der Waals surface area contributed by atoms with Gasteiger partial charge in [-0.15, -0.1) is 0 Å². The summed E-state index contributed by atoms with van der Waals surface area (Å²) in [7, 11) is 0. The molecule has 1 aliphatic rings. The van der Waals surface area contributed by atoms with Gasteiger partial charge in [0.25, 0.3) is 5.91 Å². The van der Waals surface area contributed by atoms with Crippen LogP contribution in [0.3, 0.4) is 0 Å². The molecule has 1 aromatic rings. The maximum absolute atomic E-state index is 13.3. The van der Waals surface area contributed by atoms with E-state index >= 15 is 0 Å². The second-order valence-corrected chi connectivity index (χ2v) is 5.42. The van der Waals surface area contributed by atoms with Crippen LogP contribution in [0.25, 0.3) is 0 Å². The average molecular weight is 345 g/mol. The first kappa shape index (κ1) is 16.3. The highest BCUT2D eigenvalue weighted by Crippen LogP contribution is 2.34. The fraction of sp³-hybridized carbons (Fsp3) is 0.500. The number of carbonyl (C=O) groups excluding carboxylic acids is 1. The van der Waals surface area contributed by atoms with Gasteiger partial charge in [0.15, 0.2) is 11.0 Å². The molecule has 0 aromatic carbocycles. The third kappa shape index (κ3) is 3.58. The Bertz CT molecular complexity index is 557. The van der Waals surface area contributed by atoms with Crippen molar-refractivity contribution >= 4 is 29.1 Å². The van der Waals surface area contributed by atoms with Crippen molar-refractivity contribution in [3.05, 3.63) is 27.8 Å². The lowest BCUT2D eigenvalue weighted by atomic mass is 9.96. The molecule has 1 aliphatic heterocycles. The van der Waals surface area contributed by atoms with E-state index < -0.39 is 29.0 Å². The predicted octanol–water partition coefficient (Wildman–Crippen LogP) is 3.94. The third-order valence-corrected chi connectivity index (χ3v) is 3.92. The molecule has 0 aliphatic carbocycles. The topological polar surface area (TPSA) is 33.2 Å². The van der Waals surface area contributed by atoms with Crippen LogP contribution in [0.15, 0.2) is 6.07 Å². The number of aromatic nitrogens is 1. The number of alkyl halides is 3. The van der Waals surface area contributed by atoms with Gasteiger partial charge in [-0.25, -0.2) is 9.37 Å². The van der Waals surface area contributed by atoms with E-state index in [4.69, 9.17) is 23.2 Å². The highest BCUT2D eigenvalue weighted by molar-refractivity contribution is 6.34. The van der Waals surface area contributed by atoms with E-state index in [1.807, 2.05) is 0 Å². The van der Waals surface area contributed by atoms with Crippen LogP contribution in [0, 0.1) is 11.7 Å². The van der Waals surface area contributed by atoms with E-state index in [-0.39, 0.29) is 36.6 Å². The summed E-state index contributed by atoms with van der Waals surface area (Å²) in [6.07, 6.45) is -4.63. The molecule has 1 amide bonds. The Morgan fingerprint density at radius 2 is 1.81 bits per heavy atom. The highest BCUT2D eigenvalue weighted by Gasteiger charge is 2.42. The Morgan fingerprint density at radius 1 is 1.24 bits per heavy atom. The zero-order valence-electron chi connectivity index (χ0n) is 10.6. The lowest BCUT2D eigenvalue weighted by Gasteiger charge is -2.33. The van der Waals surface area contributed by atoms with Crippen LogP contribution in [-0.4, -0.2) is 35.1 Å². The Balaban J connectivity index is 2.11. The normalized spacial score (nSPS) is 17.1. The van der Waals surface area contributed by atoms with Gasteiger partial charge in [-0.2, -0.15) is 13.2 Å². The van der Waals surface area contributed by atoms with Crippen LogP contribution in [0.2, 0.25) is 10.3 Å². The van der Waals surface area contributed by atoms with E-state index in [2.05, 4.69) is 4.98 Å². The molecular formula is C12H10Cl2F4N2O. The van der Waals surface area contributed by atoms with Gasteiger partial charge in [0.1, 0.15) is 5.15 Å². The molecule has 1 fully saturated rings. The molecular weight excluding hydrogens is 335 g/mol. The van der Waals surface area contributed by atoms with Gasteiger partial charge in [0.05, 0.1) is 11.5 Å². The van der Waals surface area contributed by atoms with Crippen molar-refractivity contribution in [3.8, 4) is 0 Å². The van der Waals surface area contributed by atoms with Crippen LogP contribution < -0.4 is 0 Å². The molecule has 3 nitrogen and oxygen atoms in total. The molecule has 0 unspecified atom stereocenters. The molecule has 0 N–H and O–H groups in total. The van der Waals surface area contributed by atoms with Gasteiger partial charge in [-0.05, 0) is 18.9 Å². The first-order chi connectivity index (χ1) is 9.70. The van der Waals surface area contributed by atoms with Gasteiger partial charge in [0, 0.05) is 13.1 Å². The largest absolute Gasteiger partial charge is 0.391 e. The molecule has 0 radical (unpaired) electrons. The Morgan fingerprint density at radius 3 is 2.33 bits per heavy atom. The lowest BCUT2D eigenvalue weighted by molar-refractivity contribution is -0.183. The number of halogens is 6. The molecule has 0 bridgehead atoms. The predicted molar refractivity (Wildman–Crippen MR) is 68.9 cm³/mol. The van der Waals surface area contributed by atoms with Gasteiger partial charge < -0.3 is 4.90 Å². The van der Waals surface area contributed by atoms with Crippen molar-refractivity contribution in [2.45, 2.75) is 19.0 Å². The van der Waals surface area contributed by atoms with E-state index in [1.54, 1.807) is 0 Å². The number of pyridine rings is 1. The van der Waals surface area contributed by atoms with Crippen molar-refractivity contribution in [2.75, 3.05) is 13.1 Å². The van der Waals surface area contributed by atoms with Crippen molar-refractivity contribution in [3.63, 3.8) is 0 Å².